The summed E-state index contributed by atoms with van der Waals surface area (Å²) in [6.45, 7) is 3.13. The fourth-order valence-corrected chi connectivity index (χ4v) is 0.214. The molecule has 0 heterocycles. The number of aliphatic carboxylic acids is 3. The van der Waals surface area contributed by atoms with Crippen LogP contribution in [0.4, 0.5) is 0 Å². The Morgan fingerprint density at radius 3 is 1.24 bits per heavy atom. The predicted octanol–water partition coefficient (Wildman–Crippen LogP) is -0.614. The molecule has 102 valence electrons. The number of hydrogen-bond acceptors (Lipinski definition) is 5. The average Bonchev–Trinajstić information content (AvgIpc) is 2.16. The zero-order valence-corrected chi connectivity index (χ0v) is 9.66. The van der Waals surface area contributed by atoms with Gasteiger partial charge in [0, 0.05) is 6.61 Å². The first-order chi connectivity index (χ1) is 7.68. The molecule has 0 saturated heterocycles. The van der Waals surface area contributed by atoms with Crippen LogP contribution in [-0.4, -0.2) is 56.2 Å². The first-order valence-corrected chi connectivity index (χ1v) is 4.64. The molecule has 0 spiro atoms. The lowest BCUT2D eigenvalue weighted by molar-refractivity contribution is -0.145. The minimum atomic E-state index is -1.23. The molecular formula is C9H18O8. The first-order valence-electron chi connectivity index (χ1n) is 4.64. The van der Waals surface area contributed by atoms with Crippen LogP contribution in [0.5, 0.6) is 0 Å². The molecule has 8 heteroatoms. The van der Waals surface area contributed by atoms with E-state index in [4.69, 9.17) is 25.5 Å². The van der Waals surface area contributed by atoms with Crippen LogP contribution in [0.1, 0.15) is 26.7 Å². The molecule has 0 bridgehead atoms. The molecule has 0 amide bonds. The molecular weight excluding hydrogens is 236 g/mol. The predicted molar refractivity (Wildman–Crippen MR) is 56.6 cm³/mol. The Hall–Kier alpha value is -1.67. The summed E-state index contributed by atoms with van der Waals surface area (Å²) in [5.74, 6) is -3.34. The van der Waals surface area contributed by atoms with E-state index in [1.54, 1.807) is 6.92 Å². The second-order valence-electron chi connectivity index (χ2n) is 2.62. The van der Waals surface area contributed by atoms with Gasteiger partial charge in [0.25, 0.3) is 0 Å². The van der Waals surface area contributed by atoms with Gasteiger partial charge < -0.3 is 25.5 Å². The molecule has 5 N–H and O–H groups in total. The molecule has 0 rings (SSSR count). The van der Waals surface area contributed by atoms with Crippen molar-refractivity contribution >= 4 is 17.9 Å². The third-order valence-corrected chi connectivity index (χ3v) is 0.910. The standard InChI is InChI=1S/C4H6O4.C3H6O3.C2H6O/c5-3(6)1-2-4(7)8;1-2(4)3(5)6;1-2-3/h1-2H2,(H,5,6)(H,7,8);2,4H,1H3,(H,5,6);3H,2H2,1H3. The van der Waals surface area contributed by atoms with Crippen LogP contribution in [0.25, 0.3) is 0 Å². The van der Waals surface area contributed by atoms with E-state index in [-0.39, 0.29) is 19.4 Å². The van der Waals surface area contributed by atoms with E-state index in [1.165, 1.54) is 6.92 Å². The topological polar surface area (TPSA) is 152 Å². The largest absolute Gasteiger partial charge is 0.481 e. The van der Waals surface area contributed by atoms with Gasteiger partial charge in [-0.15, -0.1) is 0 Å². The lowest BCUT2D eigenvalue weighted by Gasteiger charge is -1.89. The molecule has 0 aliphatic heterocycles. The maximum Gasteiger partial charge on any atom is 0.332 e. The van der Waals surface area contributed by atoms with Gasteiger partial charge in [-0.2, -0.15) is 0 Å². The minimum absolute atomic E-state index is 0.250. The molecule has 8 nitrogen and oxygen atoms in total. The summed E-state index contributed by atoms with van der Waals surface area (Å²) in [7, 11) is 0. The molecule has 0 aromatic rings. The minimum Gasteiger partial charge on any atom is -0.481 e. The van der Waals surface area contributed by atoms with Crippen molar-refractivity contribution in [3.63, 3.8) is 0 Å². The van der Waals surface area contributed by atoms with Crippen LogP contribution in [0, 0.1) is 0 Å². The van der Waals surface area contributed by atoms with Gasteiger partial charge in [-0.25, -0.2) is 4.79 Å². The van der Waals surface area contributed by atoms with Gasteiger partial charge in [0.1, 0.15) is 6.10 Å². The Labute approximate surface area is 98.1 Å². The summed E-state index contributed by atoms with van der Waals surface area (Å²) in [5.41, 5.74) is 0. The second kappa shape index (κ2) is 14.3. The van der Waals surface area contributed by atoms with Crippen molar-refractivity contribution in [1.29, 1.82) is 0 Å². The molecule has 17 heavy (non-hydrogen) atoms. The van der Waals surface area contributed by atoms with Gasteiger partial charge >= 0.3 is 17.9 Å². The molecule has 0 aliphatic rings. The first kappa shape index (κ1) is 20.7. The third kappa shape index (κ3) is 40.5. The van der Waals surface area contributed by atoms with Crippen molar-refractivity contribution < 1.29 is 39.9 Å². The van der Waals surface area contributed by atoms with Gasteiger partial charge in [-0.05, 0) is 13.8 Å². The molecule has 0 aromatic carbocycles. The maximum atomic E-state index is 9.64. The molecule has 0 radical (unpaired) electrons. The summed E-state index contributed by atoms with van der Waals surface area (Å²) in [4.78, 5) is 28.7. The van der Waals surface area contributed by atoms with Crippen LogP contribution in [-0.2, 0) is 14.4 Å². The van der Waals surface area contributed by atoms with Crippen LogP contribution >= 0.6 is 0 Å². The third-order valence-electron chi connectivity index (χ3n) is 0.910. The van der Waals surface area contributed by atoms with Crippen molar-refractivity contribution in [2.24, 2.45) is 0 Å². The van der Waals surface area contributed by atoms with Crippen LogP contribution in [0.15, 0.2) is 0 Å². The SMILES string of the molecule is CC(O)C(=O)O.CCO.O=C(O)CCC(=O)O. The van der Waals surface area contributed by atoms with E-state index >= 15 is 0 Å². The summed E-state index contributed by atoms with van der Waals surface area (Å²) in [6.07, 6.45) is -1.82. The number of aliphatic hydroxyl groups is 2. The average molecular weight is 254 g/mol. The highest BCUT2D eigenvalue weighted by Crippen LogP contribution is 1.86. The van der Waals surface area contributed by atoms with Crippen molar-refractivity contribution in [3.05, 3.63) is 0 Å². The molecule has 0 aromatic heterocycles. The zero-order valence-electron chi connectivity index (χ0n) is 9.66. The molecule has 0 saturated carbocycles. The number of aliphatic hydroxyl groups excluding tert-OH is 2. The fraction of sp³-hybridized carbons (Fsp3) is 0.667. The smallest absolute Gasteiger partial charge is 0.332 e. The van der Waals surface area contributed by atoms with Crippen LogP contribution in [0.3, 0.4) is 0 Å². The Bertz CT molecular complexity index is 209. The van der Waals surface area contributed by atoms with Gasteiger partial charge in [0.05, 0.1) is 12.8 Å². The van der Waals surface area contributed by atoms with E-state index in [0.717, 1.165) is 0 Å². The molecule has 0 fully saturated rings. The number of carbonyl (C=O) groups is 3. The van der Waals surface area contributed by atoms with E-state index in [9.17, 15) is 14.4 Å². The van der Waals surface area contributed by atoms with E-state index in [0.29, 0.717) is 0 Å². The number of rotatable bonds is 4. The normalized spacial score (nSPS) is 9.88. The van der Waals surface area contributed by atoms with Gasteiger partial charge in [0.15, 0.2) is 0 Å². The highest BCUT2D eigenvalue weighted by atomic mass is 16.4. The lowest BCUT2D eigenvalue weighted by Crippen LogP contribution is -2.13. The van der Waals surface area contributed by atoms with Gasteiger partial charge in [0.2, 0.25) is 0 Å². The van der Waals surface area contributed by atoms with Crippen molar-refractivity contribution in [2.45, 2.75) is 32.8 Å². The van der Waals surface area contributed by atoms with Crippen molar-refractivity contribution in [2.75, 3.05) is 6.61 Å². The highest BCUT2D eigenvalue weighted by molar-refractivity contribution is 5.75. The summed E-state index contributed by atoms with van der Waals surface area (Å²) in [6, 6.07) is 0. The maximum absolute atomic E-state index is 9.64. The zero-order chi connectivity index (χ0) is 14.4. The Balaban J connectivity index is -0.000000193. The second-order valence-corrected chi connectivity index (χ2v) is 2.62. The van der Waals surface area contributed by atoms with Crippen molar-refractivity contribution in [3.8, 4) is 0 Å². The molecule has 1 unspecified atom stereocenters. The highest BCUT2D eigenvalue weighted by Gasteiger charge is 2.01. The number of carboxylic acid groups (broad SMARTS) is 3. The van der Waals surface area contributed by atoms with Gasteiger partial charge in [-0.3, -0.25) is 9.59 Å². The van der Waals surface area contributed by atoms with Crippen LogP contribution < -0.4 is 0 Å². The summed E-state index contributed by atoms with van der Waals surface area (Å²) in [5, 5.41) is 39.1. The van der Waals surface area contributed by atoms with E-state index in [2.05, 4.69) is 0 Å². The monoisotopic (exact) mass is 254 g/mol. The molecule has 0 aliphatic carbocycles. The van der Waals surface area contributed by atoms with Crippen LogP contribution in [0.2, 0.25) is 0 Å². The van der Waals surface area contributed by atoms with E-state index < -0.39 is 24.0 Å². The van der Waals surface area contributed by atoms with Crippen molar-refractivity contribution in [1.82, 2.24) is 0 Å². The van der Waals surface area contributed by atoms with Gasteiger partial charge in [-0.1, -0.05) is 0 Å². The Morgan fingerprint density at radius 1 is 1.00 bits per heavy atom. The summed E-state index contributed by atoms with van der Waals surface area (Å²) >= 11 is 0. The number of carboxylic acids is 3. The number of hydrogen-bond donors (Lipinski definition) is 5. The fourth-order valence-electron chi connectivity index (χ4n) is 0.214. The molecule has 1 atom stereocenters. The summed E-state index contributed by atoms with van der Waals surface area (Å²) < 4.78 is 0. The Kier molecular flexibility index (Phi) is 17.5. The Morgan fingerprint density at radius 2 is 1.18 bits per heavy atom. The lowest BCUT2D eigenvalue weighted by atomic mass is 10.3. The quantitative estimate of drug-likeness (QED) is 0.445. The van der Waals surface area contributed by atoms with E-state index in [1.807, 2.05) is 0 Å².